The van der Waals surface area contributed by atoms with Crippen molar-refractivity contribution in [3.05, 3.63) is 51.7 Å². The van der Waals surface area contributed by atoms with Crippen LogP contribution in [0, 0.1) is 5.82 Å². The fourth-order valence-electron chi connectivity index (χ4n) is 2.02. The largest absolute Gasteiger partial charge is 0.493 e. The number of ether oxygens (including phenoxy) is 2. The maximum atomic E-state index is 13.3. The monoisotopic (exact) mass is 397 g/mol. The first-order valence-electron chi connectivity index (χ1n) is 6.63. The van der Waals surface area contributed by atoms with Crippen molar-refractivity contribution in [3.63, 3.8) is 0 Å². The molecule has 0 aliphatic rings. The molecule has 2 aromatic carbocycles. The smallest absolute Gasteiger partial charge is 0.337 e. The Hall–Kier alpha value is -2.61. The van der Waals surface area contributed by atoms with E-state index < -0.39 is 17.7 Å². The maximum absolute atomic E-state index is 13.3. The van der Waals surface area contributed by atoms with Crippen LogP contribution in [0.25, 0.3) is 0 Å². The Balaban J connectivity index is 2.46. The van der Waals surface area contributed by atoms with Crippen molar-refractivity contribution in [1.82, 2.24) is 0 Å². The highest BCUT2D eigenvalue weighted by Gasteiger charge is 2.19. The van der Waals surface area contributed by atoms with Crippen LogP contribution >= 0.6 is 15.9 Å². The summed E-state index contributed by atoms with van der Waals surface area (Å²) in [5.74, 6) is -2.06. The molecular formula is C16H13BrFNO5. The minimum Gasteiger partial charge on any atom is -0.493 e. The summed E-state index contributed by atoms with van der Waals surface area (Å²) in [6, 6.07) is 6.18. The summed E-state index contributed by atoms with van der Waals surface area (Å²) < 4.78 is 23.9. The minimum absolute atomic E-state index is 0.00121. The molecule has 0 radical (unpaired) electrons. The highest BCUT2D eigenvalue weighted by atomic mass is 79.9. The molecule has 2 rings (SSSR count). The van der Waals surface area contributed by atoms with Crippen molar-refractivity contribution in [1.29, 1.82) is 0 Å². The maximum Gasteiger partial charge on any atom is 0.337 e. The van der Waals surface area contributed by atoms with E-state index in [1.54, 1.807) is 0 Å². The van der Waals surface area contributed by atoms with Crippen LogP contribution in [0.4, 0.5) is 10.1 Å². The summed E-state index contributed by atoms with van der Waals surface area (Å²) in [4.78, 5) is 23.8. The zero-order valence-corrected chi connectivity index (χ0v) is 14.3. The van der Waals surface area contributed by atoms with E-state index in [4.69, 9.17) is 9.47 Å². The molecule has 0 aromatic heterocycles. The fraction of sp³-hybridized carbons (Fsp3) is 0.125. The Bertz CT molecular complexity index is 809. The lowest BCUT2D eigenvalue weighted by molar-refractivity contribution is 0.0697. The van der Waals surface area contributed by atoms with E-state index in [1.807, 2.05) is 0 Å². The molecule has 0 aliphatic carbocycles. The van der Waals surface area contributed by atoms with Gasteiger partial charge in [-0.2, -0.15) is 0 Å². The number of rotatable bonds is 5. The number of methoxy groups -OCH3 is 2. The topological polar surface area (TPSA) is 84.9 Å². The third kappa shape index (κ3) is 3.65. The van der Waals surface area contributed by atoms with Gasteiger partial charge in [0, 0.05) is 16.6 Å². The average Bonchev–Trinajstić information content (AvgIpc) is 2.56. The van der Waals surface area contributed by atoms with Gasteiger partial charge in [0.1, 0.15) is 5.82 Å². The van der Waals surface area contributed by atoms with E-state index in [1.165, 1.54) is 38.5 Å². The lowest BCUT2D eigenvalue weighted by Crippen LogP contribution is -2.16. The van der Waals surface area contributed by atoms with E-state index in [-0.39, 0.29) is 28.3 Å². The molecule has 0 spiro atoms. The molecule has 0 heterocycles. The van der Waals surface area contributed by atoms with Crippen LogP contribution in [-0.2, 0) is 0 Å². The first-order chi connectivity index (χ1) is 11.4. The molecule has 2 aromatic rings. The van der Waals surface area contributed by atoms with Crippen molar-refractivity contribution in [2.75, 3.05) is 19.5 Å². The molecule has 1 amide bonds. The van der Waals surface area contributed by atoms with Gasteiger partial charge < -0.3 is 19.9 Å². The van der Waals surface area contributed by atoms with Gasteiger partial charge >= 0.3 is 5.97 Å². The summed E-state index contributed by atoms with van der Waals surface area (Å²) >= 11 is 3.15. The van der Waals surface area contributed by atoms with E-state index >= 15 is 0 Å². The molecule has 8 heteroatoms. The first kappa shape index (κ1) is 17.7. The Morgan fingerprint density at radius 2 is 1.71 bits per heavy atom. The molecule has 0 saturated carbocycles. The highest BCUT2D eigenvalue weighted by molar-refractivity contribution is 9.10. The van der Waals surface area contributed by atoms with Crippen LogP contribution in [0.15, 0.2) is 34.8 Å². The zero-order chi connectivity index (χ0) is 17.9. The van der Waals surface area contributed by atoms with Gasteiger partial charge in [-0.1, -0.05) is 0 Å². The fourth-order valence-corrected chi connectivity index (χ4v) is 2.45. The summed E-state index contributed by atoms with van der Waals surface area (Å²) in [5, 5.41) is 11.8. The molecule has 0 saturated heterocycles. The second-order valence-corrected chi connectivity index (χ2v) is 5.49. The lowest BCUT2D eigenvalue weighted by Gasteiger charge is -2.14. The van der Waals surface area contributed by atoms with Crippen LogP contribution in [0.1, 0.15) is 20.7 Å². The van der Waals surface area contributed by atoms with E-state index in [2.05, 4.69) is 21.2 Å². The van der Waals surface area contributed by atoms with Crippen LogP contribution in [0.3, 0.4) is 0 Å². The van der Waals surface area contributed by atoms with E-state index in [0.717, 1.165) is 6.07 Å². The van der Waals surface area contributed by atoms with Gasteiger partial charge in [0.05, 0.1) is 31.0 Å². The van der Waals surface area contributed by atoms with Crippen molar-refractivity contribution < 1.29 is 28.6 Å². The molecule has 24 heavy (non-hydrogen) atoms. The molecule has 0 unspecified atom stereocenters. The quantitative estimate of drug-likeness (QED) is 0.805. The first-order valence-corrected chi connectivity index (χ1v) is 7.42. The molecular weight excluding hydrogens is 385 g/mol. The number of carboxylic acids is 1. The second kappa shape index (κ2) is 7.31. The predicted molar refractivity (Wildman–Crippen MR) is 88.6 cm³/mol. The molecule has 0 atom stereocenters. The molecule has 0 aliphatic heterocycles. The summed E-state index contributed by atoms with van der Waals surface area (Å²) in [7, 11) is 2.75. The van der Waals surface area contributed by atoms with Crippen LogP contribution in [-0.4, -0.2) is 31.2 Å². The second-order valence-electron chi connectivity index (χ2n) is 4.64. The van der Waals surface area contributed by atoms with Gasteiger partial charge in [0.15, 0.2) is 11.5 Å². The van der Waals surface area contributed by atoms with Gasteiger partial charge in [-0.3, -0.25) is 4.79 Å². The number of amides is 1. The number of hydrogen-bond donors (Lipinski definition) is 2. The van der Waals surface area contributed by atoms with Crippen LogP contribution in [0.5, 0.6) is 11.5 Å². The van der Waals surface area contributed by atoms with Gasteiger partial charge in [-0.15, -0.1) is 0 Å². The van der Waals surface area contributed by atoms with Crippen molar-refractivity contribution in [2.45, 2.75) is 0 Å². The summed E-state index contributed by atoms with van der Waals surface area (Å²) in [6.45, 7) is 0. The third-order valence-electron chi connectivity index (χ3n) is 3.18. The van der Waals surface area contributed by atoms with Gasteiger partial charge in [-0.25, -0.2) is 9.18 Å². The Labute approximate surface area is 145 Å². The Kier molecular flexibility index (Phi) is 5.40. The van der Waals surface area contributed by atoms with Crippen molar-refractivity contribution in [2.24, 2.45) is 0 Å². The minimum atomic E-state index is -1.26. The SMILES string of the molecule is COc1cc(NC(=O)c2cc(F)ccc2Br)c(C(=O)O)cc1OC. The number of anilines is 1. The van der Waals surface area contributed by atoms with Gasteiger partial charge in [-0.05, 0) is 34.1 Å². The van der Waals surface area contributed by atoms with E-state index in [0.29, 0.717) is 4.47 Å². The Morgan fingerprint density at radius 3 is 2.29 bits per heavy atom. The number of carbonyl (C=O) groups is 2. The number of halogens is 2. The summed E-state index contributed by atoms with van der Waals surface area (Å²) in [5.41, 5.74) is -0.157. The van der Waals surface area contributed by atoms with Crippen molar-refractivity contribution >= 4 is 33.5 Å². The Morgan fingerprint density at radius 1 is 1.08 bits per heavy atom. The predicted octanol–water partition coefficient (Wildman–Crippen LogP) is 3.56. The van der Waals surface area contributed by atoms with E-state index in [9.17, 15) is 19.1 Å². The molecule has 0 bridgehead atoms. The molecule has 0 fully saturated rings. The lowest BCUT2D eigenvalue weighted by atomic mass is 10.1. The summed E-state index contributed by atoms with van der Waals surface area (Å²) in [6.07, 6.45) is 0. The standard InChI is InChI=1S/C16H13BrFNO5/c1-23-13-6-10(16(21)22)12(7-14(13)24-2)19-15(20)9-5-8(18)3-4-11(9)17/h3-7H,1-2H3,(H,19,20)(H,21,22). The number of nitrogens with one attached hydrogen (secondary N) is 1. The number of aromatic carboxylic acids is 1. The number of hydrogen-bond acceptors (Lipinski definition) is 4. The average molecular weight is 398 g/mol. The molecule has 6 nitrogen and oxygen atoms in total. The number of benzene rings is 2. The van der Waals surface area contributed by atoms with Crippen molar-refractivity contribution in [3.8, 4) is 11.5 Å². The molecule has 126 valence electrons. The molecule has 2 N–H and O–H groups in total. The number of carboxylic acid groups (broad SMARTS) is 1. The zero-order valence-electron chi connectivity index (χ0n) is 12.7. The van der Waals surface area contributed by atoms with Crippen LogP contribution < -0.4 is 14.8 Å². The highest BCUT2D eigenvalue weighted by Crippen LogP contribution is 2.34. The normalized spacial score (nSPS) is 10.2. The third-order valence-corrected chi connectivity index (χ3v) is 3.87. The van der Waals surface area contributed by atoms with Gasteiger partial charge in [0.25, 0.3) is 5.91 Å². The van der Waals surface area contributed by atoms with Gasteiger partial charge in [0.2, 0.25) is 0 Å². The van der Waals surface area contributed by atoms with Crippen LogP contribution in [0.2, 0.25) is 0 Å². The number of carbonyl (C=O) groups excluding carboxylic acids is 1.